The fourth-order valence-corrected chi connectivity index (χ4v) is 4.90. The Morgan fingerprint density at radius 3 is 2.54 bits per heavy atom. The van der Waals surface area contributed by atoms with Crippen LogP contribution >= 0.6 is 39.9 Å². The Morgan fingerprint density at radius 2 is 1.96 bits per heavy atom. The quantitative estimate of drug-likeness (QED) is 0.538. The van der Waals surface area contributed by atoms with E-state index in [9.17, 15) is 9.59 Å². The lowest BCUT2D eigenvalue weighted by atomic mass is 10.1. The predicted octanol–water partition coefficient (Wildman–Crippen LogP) is 4.19. The number of halogens is 1. The summed E-state index contributed by atoms with van der Waals surface area (Å²) in [5.74, 6) is -0.290. The Kier molecular flexibility index (Phi) is 4.86. The third-order valence-corrected chi connectivity index (χ3v) is 5.86. The van der Waals surface area contributed by atoms with Crippen LogP contribution < -0.4 is 4.90 Å². The number of benzene rings is 1. The van der Waals surface area contributed by atoms with Crippen LogP contribution in [0.25, 0.3) is 5.57 Å². The molecule has 0 aromatic heterocycles. The molecule has 0 spiro atoms. The van der Waals surface area contributed by atoms with Crippen molar-refractivity contribution in [3.63, 3.8) is 0 Å². The lowest BCUT2D eigenvalue weighted by molar-refractivity contribution is -0.123. The number of carbonyl (C=O) groups excluding carboxylic acids is 2. The Hall–Kier alpha value is -1.18. The van der Waals surface area contributed by atoms with Crippen molar-refractivity contribution in [1.29, 1.82) is 0 Å². The van der Waals surface area contributed by atoms with Crippen LogP contribution in [0.3, 0.4) is 0 Å². The van der Waals surface area contributed by atoms with E-state index >= 15 is 0 Å². The molecule has 0 unspecified atom stereocenters. The van der Waals surface area contributed by atoms with Crippen LogP contribution in [0, 0.1) is 0 Å². The largest absolute Gasteiger partial charge is 0.308 e. The number of carbonyl (C=O) groups is 2. The number of thioether (sulfide) groups is 1. The van der Waals surface area contributed by atoms with E-state index in [-0.39, 0.29) is 17.9 Å². The zero-order valence-corrected chi connectivity index (χ0v) is 16.8. The van der Waals surface area contributed by atoms with Gasteiger partial charge < -0.3 is 4.90 Å². The van der Waals surface area contributed by atoms with Crippen molar-refractivity contribution in [1.82, 2.24) is 4.90 Å². The Morgan fingerprint density at radius 1 is 1.25 bits per heavy atom. The third kappa shape index (κ3) is 2.72. The first-order chi connectivity index (χ1) is 11.4. The van der Waals surface area contributed by atoms with Gasteiger partial charge in [-0.3, -0.25) is 14.5 Å². The third-order valence-electron chi connectivity index (χ3n) is 3.97. The summed E-state index contributed by atoms with van der Waals surface area (Å²) in [6.07, 6.45) is 0.849. The van der Waals surface area contributed by atoms with Gasteiger partial charge in [-0.2, -0.15) is 0 Å². The lowest BCUT2D eigenvalue weighted by Gasteiger charge is -2.18. The van der Waals surface area contributed by atoms with Crippen molar-refractivity contribution in [2.45, 2.75) is 33.2 Å². The number of thiocarbonyl (C=S) groups is 1. The molecule has 2 amide bonds. The highest BCUT2D eigenvalue weighted by Crippen LogP contribution is 2.45. The van der Waals surface area contributed by atoms with Gasteiger partial charge in [0.2, 0.25) is 0 Å². The van der Waals surface area contributed by atoms with Gasteiger partial charge in [-0.05, 0) is 38.5 Å². The first-order valence-electron chi connectivity index (χ1n) is 7.78. The van der Waals surface area contributed by atoms with Crippen molar-refractivity contribution in [2.75, 3.05) is 11.4 Å². The molecule has 0 atom stereocenters. The van der Waals surface area contributed by atoms with Gasteiger partial charge in [0.1, 0.15) is 4.32 Å². The summed E-state index contributed by atoms with van der Waals surface area (Å²) < 4.78 is 1.39. The molecule has 2 heterocycles. The molecular weight excluding hydrogens is 408 g/mol. The van der Waals surface area contributed by atoms with E-state index in [0.29, 0.717) is 21.3 Å². The van der Waals surface area contributed by atoms with E-state index < -0.39 is 0 Å². The molecule has 3 rings (SSSR count). The second-order valence-corrected chi connectivity index (χ2v) is 8.52. The maximum Gasteiger partial charge on any atom is 0.267 e. The summed E-state index contributed by atoms with van der Waals surface area (Å²) in [6, 6.07) is 5.71. The molecule has 2 aliphatic rings. The van der Waals surface area contributed by atoms with Crippen LogP contribution in [0.4, 0.5) is 5.69 Å². The van der Waals surface area contributed by atoms with Gasteiger partial charge in [0.05, 0.1) is 16.2 Å². The Balaban J connectivity index is 2.18. The molecule has 0 bridgehead atoms. The molecule has 0 N–H and O–H groups in total. The van der Waals surface area contributed by atoms with Crippen molar-refractivity contribution >= 4 is 67.3 Å². The van der Waals surface area contributed by atoms with Gasteiger partial charge in [-0.25, -0.2) is 0 Å². The maximum absolute atomic E-state index is 13.0. The second kappa shape index (κ2) is 6.61. The normalized spacial score (nSPS) is 20.6. The molecule has 7 heteroatoms. The van der Waals surface area contributed by atoms with Gasteiger partial charge in [0.15, 0.2) is 0 Å². The van der Waals surface area contributed by atoms with Crippen LogP contribution in [0.5, 0.6) is 0 Å². The van der Waals surface area contributed by atoms with Crippen LogP contribution in [-0.4, -0.2) is 33.6 Å². The smallest absolute Gasteiger partial charge is 0.267 e. The summed E-state index contributed by atoms with van der Waals surface area (Å²) in [6.45, 7) is 6.50. The van der Waals surface area contributed by atoms with Crippen LogP contribution in [0.15, 0.2) is 27.6 Å². The van der Waals surface area contributed by atoms with Crippen LogP contribution in [-0.2, 0) is 9.59 Å². The number of rotatable bonds is 3. The van der Waals surface area contributed by atoms with Gasteiger partial charge in [0, 0.05) is 22.6 Å². The minimum absolute atomic E-state index is 0.0270. The van der Waals surface area contributed by atoms with Crippen LogP contribution in [0.2, 0.25) is 0 Å². The van der Waals surface area contributed by atoms with Crippen LogP contribution in [0.1, 0.15) is 32.8 Å². The Bertz CT molecular complexity index is 789. The number of nitrogens with zero attached hydrogens (tertiary/aromatic N) is 2. The van der Waals surface area contributed by atoms with Gasteiger partial charge >= 0.3 is 0 Å². The molecule has 0 saturated carbocycles. The highest BCUT2D eigenvalue weighted by atomic mass is 79.9. The summed E-state index contributed by atoms with van der Waals surface area (Å²) in [5.41, 5.74) is 2.13. The monoisotopic (exact) mass is 424 g/mol. The Labute approximate surface area is 159 Å². The van der Waals surface area contributed by atoms with E-state index in [2.05, 4.69) is 15.9 Å². The zero-order valence-electron chi connectivity index (χ0n) is 13.6. The maximum atomic E-state index is 13.0. The SMILES string of the molecule is CCCN1C(=O)/C(=C2/SC(=S)N(C(C)C)C2=O)c2cc(Br)ccc21. The molecule has 2 aliphatic heterocycles. The van der Waals surface area contributed by atoms with E-state index in [0.717, 1.165) is 22.1 Å². The first kappa shape index (κ1) is 17.6. The molecule has 24 heavy (non-hydrogen) atoms. The topological polar surface area (TPSA) is 40.6 Å². The number of amides is 2. The molecule has 0 radical (unpaired) electrons. The van der Waals surface area contributed by atoms with E-state index in [4.69, 9.17) is 12.2 Å². The predicted molar refractivity (Wildman–Crippen MR) is 106 cm³/mol. The molecule has 0 aliphatic carbocycles. The van der Waals surface area contributed by atoms with E-state index in [1.807, 2.05) is 39.0 Å². The number of hydrogen-bond donors (Lipinski definition) is 0. The summed E-state index contributed by atoms with van der Waals surface area (Å²) >= 11 is 10.0. The molecule has 4 nitrogen and oxygen atoms in total. The molecule has 1 fully saturated rings. The highest BCUT2D eigenvalue weighted by Gasteiger charge is 2.42. The number of fused-ring (bicyclic) bond motifs is 1. The number of hydrogen-bond acceptors (Lipinski definition) is 4. The lowest BCUT2D eigenvalue weighted by Crippen LogP contribution is -2.35. The van der Waals surface area contributed by atoms with Crippen molar-refractivity contribution in [2.24, 2.45) is 0 Å². The summed E-state index contributed by atoms with van der Waals surface area (Å²) in [7, 11) is 0. The molecule has 1 saturated heterocycles. The van der Waals surface area contributed by atoms with Crippen molar-refractivity contribution < 1.29 is 9.59 Å². The molecular formula is C17H17BrN2O2S2. The van der Waals surface area contributed by atoms with Gasteiger partial charge in [-0.1, -0.05) is 46.8 Å². The number of anilines is 1. The molecule has 1 aromatic rings. The zero-order chi connectivity index (χ0) is 17.6. The minimum Gasteiger partial charge on any atom is -0.308 e. The average molecular weight is 425 g/mol. The summed E-state index contributed by atoms with van der Waals surface area (Å²) in [5, 5.41) is 0. The minimum atomic E-state index is -0.173. The van der Waals surface area contributed by atoms with Crippen molar-refractivity contribution in [3.8, 4) is 0 Å². The van der Waals surface area contributed by atoms with E-state index in [1.54, 1.807) is 9.80 Å². The first-order valence-corrected chi connectivity index (χ1v) is 9.80. The fraction of sp³-hybridized carbons (Fsp3) is 0.353. The standard InChI is InChI=1S/C17H17BrN2O2S2/c1-4-7-19-12-6-5-10(18)8-11(12)13(15(19)21)14-16(22)20(9(2)3)17(23)24-14/h5-6,8-9H,4,7H2,1-3H3/b14-13+. The highest BCUT2D eigenvalue weighted by molar-refractivity contribution is 9.10. The van der Waals surface area contributed by atoms with Gasteiger partial charge in [-0.15, -0.1) is 0 Å². The average Bonchev–Trinajstić information content (AvgIpc) is 2.94. The molecule has 126 valence electrons. The van der Waals surface area contributed by atoms with E-state index in [1.165, 1.54) is 11.8 Å². The second-order valence-electron chi connectivity index (χ2n) is 5.96. The van der Waals surface area contributed by atoms with Crippen molar-refractivity contribution in [3.05, 3.63) is 33.1 Å². The summed E-state index contributed by atoms with van der Waals surface area (Å²) in [4.78, 5) is 29.6. The van der Waals surface area contributed by atoms with Gasteiger partial charge in [0.25, 0.3) is 11.8 Å². The molecule has 1 aromatic carbocycles. The fourth-order valence-electron chi connectivity index (χ4n) is 2.94.